The molecule has 0 atom stereocenters. The van der Waals surface area contributed by atoms with Gasteiger partial charge >= 0.3 is 0 Å². The molecule has 0 radical (unpaired) electrons. The summed E-state index contributed by atoms with van der Waals surface area (Å²) < 4.78 is 21.7. The zero-order chi connectivity index (χ0) is 28.7. The highest BCUT2D eigenvalue weighted by molar-refractivity contribution is 9.08. The largest absolute Gasteiger partial charge is 0.493 e. The average Bonchev–Trinajstić information content (AvgIpc) is 3.24. The van der Waals surface area contributed by atoms with Gasteiger partial charge in [-0.2, -0.15) is 9.28 Å². The van der Waals surface area contributed by atoms with E-state index in [0.717, 1.165) is 16.7 Å². The van der Waals surface area contributed by atoms with Gasteiger partial charge in [0.2, 0.25) is 0 Å². The van der Waals surface area contributed by atoms with Gasteiger partial charge in [-0.3, -0.25) is 9.59 Å². The van der Waals surface area contributed by atoms with Gasteiger partial charge < -0.3 is 24.4 Å². The monoisotopic (exact) mass is 598 g/mol. The van der Waals surface area contributed by atoms with Crippen molar-refractivity contribution in [2.45, 2.75) is 52.5 Å². The molecule has 1 amide bonds. The summed E-state index contributed by atoms with van der Waals surface area (Å²) in [5.74, 6) is 1.72. The molecule has 2 aromatic rings. The molecule has 0 fully saturated rings. The average molecular weight is 600 g/mol. The first kappa shape index (κ1) is 30.0. The molecule has 0 saturated carbocycles. The van der Waals surface area contributed by atoms with E-state index < -0.39 is 0 Å². The lowest BCUT2D eigenvalue weighted by Gasteiger charge is -2.25. The number of carbonyl (C=O) groups is 2. The van der Waals surface area contributed by atoms with Gasteiger partial charge in [-0.25, -0.2) is 0 Å². The Balaban J connectivity index is 1.95. The number of carbonyl (C=O) groups excluding carboxylic acids is 2. The van der Waals surface area contributed by atoms with Crippen LogP contribution >= 0.6 is 16.1 Å². The lowest BCUT2D eigenvalue weighted by molar-refractivity contribution is 0.0953. The van der Waals surface area contributed by atoms with Crippen molar-refractivity contribution in [2.75, 3.05) is 33.9 Å². The molecule has 0 bridgehead atoms. The van der Waals surface area contributed by atoms with E-state index in [-0.39, 0.29) is 23.7 Å². The van der Waals surface area contributed by atoms with Crippen LogP contribution in [-0.2, 0) is 12.0 Å². The highest BCUT2D eigenvalue weighted by Gasteiger charge is 2.31. The van der Waals surface area contributed by atoms with E-state index in [1.165, 1.54) is 0 Å². The fraction of sp³-hybridized carbons (Fsp3) is 0.448. The Morgan fingerprint density at radius 1 is 1.18 bits per heavy atom. The van der Waals surface area contributed by atoms with Crippen molar-refractivity contribution < 1.29 is 23.8 Å². The Morgan fingerprint density at radius 3 is 2.51 bits per heavy atom. The van der Waals surface area contributed by atoms with Gasteiger partial charge in [-0.05, 0) is 48.6 Å². The number of Topliss-reactive ketones (excluding diaryl/α,β-unsaturated/α-hetero) is 1. The van der Waals surface area contributed by atoms with Crippen LogP contribution in [0.1, 0.15) is 77.9 Å². The Bertz CT molecular complexity index is 1310. The van der Waals surface area contributed by atoms with E-state index >= 15 is 0 Å². The SMILES string of the molecule is CCOc1cc2c(cc1C(=O)NC)C(=NBr)N(CC(=O)c1cc(OCCCC#N)c(OC)c(C(C)(C)C)c1)C2. The van der Waals surface area contributed by atoms with Gasteiger partial charge in [0.15, 0.2) is 17.3 Å². The van der Waals surface area contributed by atoms with Crippen LogP contribution in [0.4, 0.5) is 0 Å². The number of amides is 1. The lowest BCUT2D eigenvalue weighted by atomic mass is 9.84. The Kier molecular flexibility index (Phi) is 9.97. The quantitative estimate of drug-likeness (QED) is 0.280. The van der Waals surface area contributed by atoms with Gasteiger partial charge in [0.1, 0.15) is 11.6 Å². The Labute approximate surface area is 238 Å². The maximum absolute atomic E-state index is 13.7. The zero-order valence-corrected chi connectivity index (χ0v) is 24.9. The van der Waals surface area contributed by atoms with E-state index in [1.807, 2.05) is 44.7 Å². The first-order chi connectivity index (χ1) is 18.6. The summed E-state index contributed by atoms with van der Waals surface area (Å²) in [6, 6.07) is 9.26. The van der Waals surface area contributed by atoms with Crippen LogP contribution in [0.2, 0.25) is 0 Å². The van der Waals surface area contributed by atoms with Crippen LogP contribution in [0.3, 0.4) is 0 Å². The summed E-state index contributed by atoms with van der Waals surface area (Å²) in [4.78, 5) is 28.0. The molecule has 0 saturated heterocycles. The van der Waals surface area contributed by atoms with E-state index in [0.29, 0.717) is 66.8 Å². The fourth-order valence-corrected chi connectivity index (χ4v) is 4.88. The third-order valence-corrected chi connectivity index (χ3v) is 6.71. The second-order valence-electron chi connectivity index (χ2n) is 10.1. The second kappa shape index (κ2) is 13.0. The first-order valence-corrected chi connectivity index (χ1v) is 13.5. The number of amidine groups is 1. The van der Waals surface area contributed by atoms with Gasteiger partial charge in [0.05, 0.1) is 54.6 Å². The molecule has 0 spiro atoms. The fourth-order valence-electron chi connectivity index (χ4n) is 4.46. The molecule has 10 heteroatoms. The van der Waals surface area contributed by atoms with Crippen LogP contribution in [0.5, 0.6) is 17.2 Å². The molecule has 39 heavy (non-hydrogen) atoms. The van der Waals surface area contributed by atoms with Crippen LogP contribution in [-0.4, -0.2) is 56.3 Å². The molecular weight excluding hydrogens is 564 g/mol. The van der Waals surface area contributed by atoms with E-state index in [2.05, 4.69) is 31.6 Å². The summed E-state index contributed by atoms with van der Waals surface area (Å²) in [5.41, 5.74) is 3.09. The second-order valence-corrected chi connectivity index (χ2v) is 10.5. The van der Waals surface area contributed by atoms with Crippen LogP contribution in [0.15, 0.2) is 28.3 Å². The third-order valence-electron chi connectivity index (χ3n) is 6.37. The molecular formula is C29H35BrN4O5. The van der Waals surface area contributed by atoms with Crippen LogP contribution in [0, 0.1) is 11.3 Å². The molecule has 2 aromatic carbocycles. The number of nitrogens with zero attached hydrogens (tertiary/aromatic N) is 3. The minimum absolute atomic E-state index is 0.0577. The number of hydrogen-bond acceptors (Lipinski definition) is 7. The third kappa shape index (κ3) is 6.71. The minimum atomic E-state index is -0.315. The molecule has 0 aliphatic carbocycles. The zero-order valence-electron chi connectivity index (χ0n) is 23.3. The van der Waals surface area contributed by atoms with Gasteiger partial charge in [0, 0.05) is 36.7 Å². The summed E-state index contributed by atoms with van der Waals surface area (Å²) >= 11 is 3.21. The van der Waals surface area contributed by atoms with Gasteiger partial charge in [-0.15, -0.1) is 0 Å². The summed E-state index contributed by atoms with van der Waals surface area (Å²) in [6.07, 6.45) is 0.950. The van der Waals surface area contributed by atoms with E-state index in [1.54, 1.807) is 26.3 Å². The van der Waals surface area contributed by atoms with E-state index in [4.69, 9.17) is 19.5 Å². The van der Waals surface area contributed by atoms with Crippen molar-refractivity contribution in [1.29, 1.82) is 5.26 Å². The van der Waals surface area contributed by atoms with E-state index in [9.17, 15) is 9.59 Å². The van der Waals surface area contributed by atoms with Crippen molar-refractivity contribution in [2.24, 2.45) is 4.02 Å². The number of hydrogen-bond donors (Lipinski definition) is 1. The molecule has 1 N–H and O–H groups in total. The number of nitriles is 1. The van der Waals surface area contributed by atoms with Crippen molar-refractivity contribution in [3.8, 4) is 23.3 Å². The van der Waals surface area contributed by atoms with Gasteiger partial charge in [-0.1, -0.05) is 20.8 Å². The van der Waals surface area contributed by atoms with Crippen LogP contribution < -0.4 is 19.5 Å². The number of halogens is 1. The highest BCUT2D eigenvalue weighted by atomic mass is 79.9. The molecule has 1 heterocycles. The molecule has 3 rings (SSSR count). The molecule has 208 valence electrons. The van der Waals surface area contributed by atoms with Crippen molar-refractivity contribution in [3.05, 3.63) is 52.1 Å². The predicted octanol–water partition coefficient (Wildman–Crippen LogP) is 5.19. The number of rotatable bonds is 11. The predicted molar refractivity (Wildman–Crippen MR) is 153 cm³/mol. The number of methoxy groups -OCH3 is 1. The Hall–Kier alpha value is -3.58. The van der Waals surface area contributed by atoms with Crippen molar-refractivity contribution in [1.82, 2.24) is 10.2 Å². The topological polar surface area (TPSA) is 113 Å². The number of ketones is 1. The number of benzene rings is 2. The van der Waals surface area contributed by atoms with Crippen molar-refractivity contribution >= 4 is 33.7 Å². The summed E-state index contributed by atoms with van der Waals surface area (Å²) in [6.45, 7) is 9.24. The highest BCUT2D eigenvalue weighted by Crippen LogP contribution is 2.40. The Morgan fingerprint density at radius 2 is 1.92 bits per heavy atom. The minimum Gasteiger partial charge on any atom is -0.493 e. The number of fused-ring (bicyclic) bond motifs is 1. The number of ether oxygens (including phenoxy) is 3. The number of unbranched alkanes of at least 4 members (excludes halogenated alkanes) is 1. The van der Waals surface area contributed by atoms with Gasteiger partial charge in [0.25, 0.3) is 5.91 Å². The number of nitrogens with one attached hydrogen (secondary N) is 1. The van der Waals surface area contributed by atoms with Crippen LogP contribution in [0.25, 0.3) is 0 Å². The van der Waals surface area contributed by atoms with Crippen molar-refractivity contribution in [3.63, 3.8) is 0 Å². The first-order valence-electron chi connectivity index (χ1n) is 12.8. The molecule has 1 aliphatic heterocycles. The lowest BCUT2D eigenvalue weighted by Crippen LogP contribution is -2.31. The summed E-state index contributed by atoms with van der Waals surface area (Å²) in [5, 5.41) is 11.5. The maximum atomic E-state index is 13.7. The summed E-state index contributed by atoms with van der Waals surface area (Å²) in [7, 11) is 3.15. The normalized spacial score (nSPS) is 13.6. The molecule has 0 unspecified atom stereocenters. The molecule has 9 nitrogen and oxygen atoms in total. The maximum Gasteiger partial charge on any atom is 0.254 e. The smallest absolute Gasteiger partial charge is 0.254 e. The standard InChI is InChI=1S/C29H35BrN4O5/c1-7-38-24-14-19-16-34(27(33-30)20(19)15-21(24)28(36)32-5)17-23(35)18-12-22(29(2,3)4)26(37-6)25(13-18)39-11-9-8-10-31/h12-15H,7-9,11,16-17H2,1-6H3,(H,32,36). The molecule has 1 aliphatic rings. The molecule has 0 aromatic heterocycles.